The zero-order valence-corrected chi connectivity index (χ0v) is 16.5. The normalized spacial score (nSPS) is 11.2. The summed E-state index contributed by atoms with van der Waals surface area (Å²) in [5, 5.41) is 2.89. The molecular formula is C25H22FN3O. The Morgan fingerprint density at radius 1 is 0.967 bits per heavy atom. The molecule has 1 amide bonds. The van der Waals surface area contributed by atoms with Crippen LogP contribution in [0.3, 0.4) is 0 Å². The molecular weight excluding hydrogens is 377 g/mol. The largest absolute Gasteiger partial charge is 0.352 e. The van der Waals surface area contributed by atoms with Crippen molar-refractivity contribution in [1.29, 1.82) is 0 Å². The number of para-hydroxylation sites is 2. The molecule has 4 aromatic rings. The monoisotopic (exact) mass is 399 g/mol. The second kappa shape index (κ2) is 9.18. The molecule has 150 valence electrons. The van der Waals surface area contributed by atoms with E-state index in [1.807, 2.05) is 36.4 Å². The highest BCUT2D eigenvalue weighted by Crippen LogP contribution is 2.17. The number of amides is 1. The Labute approximate surface area is 174 Å². The van der Waals surface area contributed by atoms with Crippen LogP contribution in [0.2, 0.25) is 0 Å². The molecule has 1 aromatic heterocycles. The Morgan fingerprint density at radius 3 is 2.50 bits per heavy atom. The lowest BCUT2D eigenvalue weighted by atomic mass is 10.2. The van der Waals surface area contributed by atoms with Gasteiger partial charge in [0.15, 0.2) is 0 Å². The van der Waals surface area contributed by atoms with E-state index in [1.54, 1.807) is 0 Å². The molecule has 1 N–H and O–H groups in total. The standard InChI is InChI=1S/C25H22FN3O/c26-21-14-12-20(13-15-21)25(30)27-17-16-24-28-22-10-4-5-11-23(22)29(24)18-6-9-19-7-2-1-3-8-19/h1-15H,16-18H2,(H,27,30)/b9-6+. The maximum atomic E-state index is 13.0. The summed E-state index contributed by atoms with van der Waals surface area (Å²) in [4.78, 5) is 17.0. The highest BCUT2D eigenvalue weighted by Gasteiger charge is 2.10. The lowest BCUT2D eigenvalue weighted by molar-refractivity contribution is 0.0954. The van der Waals surface area contributed by atoms with Crippen LogP contribution < -0.4 is 5.32 Å². The number of hydrogen-bond acceptors (Lipinski definition) is 2. The Hall–Kier alpha value is -3.73. The van der Waals surface area contributed by atoms with Crippen molar-refractivity contribution < 1.29 is 9.18 Å². The number of nitrogens with one attached hydrogen (secondary N) is 1. The third-order valence-corrected chi connectivity index (χ3v) is 4.87. The van der Waals surface area contributed by atoms with Crippen LogP contribution >= 0.6 is 0 Å². The molecule has 5 heteroatoms. The lowest BCUT2D eigenvalue weighted by Crippen LogP contribution is -2.26. The molecule has 0 bridgehead atoms. The van der Waals surface area contributed by atoms with E-state index in [-0.39, 0.29) is 11.7 Å². The van der Waals surface area contributed by atoms with E-state index in [9.17, 15) is 9.18 Å². The van der Waals surface area contributed by atoms with Crippen LogP contribution in [0.1, 0.15) is 21.7 Å². The van der Waals surface area contributed by atoms with Crippen molar-refractivity contribution in [2.24, 2.45) is 0 Å². The summed E-state index contributed by atoms with van der Waals surface area (Å²) < 4.78 is 15.2. The fourth-order valence-electron chi connectivity index (χ4n) is 3.37. The van der Waals surface area contributed by atoms with Gasteiger partial charge in [0.2, 0.25) is 0 Å². The van der Waals surface area contributed by atoms with Crippen molar-refractivity contribution >= 4 is 23.0 Å². The Bertz CT molecular complexity index is 1160. The van der Waals surface area contributed by atoms with Crippen molar-refractivity contribution in [2.75, 3.05) is 6.54 Å². The Kier molecular flexibility index (Phi) is 5.99. The van der Waals surface area contributed by atoms with Gasteiger partial charge < -0.3 is 9.88 Å². The summed E-state index contributed by atoms with van der Waals surface area (Å²) in [5.74, 6) is 0.332. The number of carbonyl (C=O) groups excluding carboxylic acids is 1. The van der Waals surface area contributed by atoms with Gasteiger partial charge in [-0.1, -0.05) is 54.6 Å². The number of aromatic nitrogens is 2. The van der Waals surface area contributed by atoms with Crippen molar-refractivity contribution in [2.45, 2.75) is 13.0 Å². The molecule has 4 rings (SSSR count). The Morgan fingerprint density at radius 2 is 1.70 bits per heavy atom. The molecule has 0 saturated heterocycles. The topological polar surface area (TPSA) is 46.9 Å². The predicted octanol–water partition coefficient (Wildman–Crippen LogP) is 4.86. The van der Waals surface area contributed by atoms with Crippen LogP contribution in [0.25, 0.3) is 17.1 Å². The van der Waals surface area contributed by atoms with E-state index in [0.29, 0.717) is 25.1 Å². The van der Waals surface area contributed by atoms with Crippen LogP contribution in [0, 0.1) is 5.82 Å². The SMILES string of the molecule is O=C(NCCc1nc2ccccc2n1C/C=C/c1ccccc1)c1ccc(F)cc1. The van der Waals surface area contributed by atoms with Gasteiger partial charge in [-0.3, -0.25) is 4.79 Å². The summed E-state index contributed by atoms with van der Waals surface area (Å²) in [7, 11) is 0. The fourth-order valence-corrected chi connectivity index (χ4v) is 3.37. The van der Waals surface area contributed by atoms with Crippen molar-refractivity contribution in [3.63, 3.8) is 0 Å². The zero-order valence-electron chi connectivity index (χ0n) is 16.5. The molecule has 0 aliphatic heterocycles. The van der Waals surface area contributed by atoms with Crippen LogP contribution in [-0.4, -0.2) is 22.0 Å². The molecule has 0 spiro atoms. The van der Waals surface area contributed by atoms with E-state index < -0.39 is 0 Å². The minimum Gasteiger partial charge on any atom is -0.352 e. The van der Waals surface area contributed by atoms with Gasteiger partial charge in [-0.2, -0.15) is 0 Å². The van der Waals surface area contributed by atoms with Crippen molar-refractivity contribution in [1.82, 2.24) is 14.9 Å². The van der Waals surface area contributed by atoms with Crippen molar-refractivity contribution in [3.8, 4) is 0 Å². The van der Waals surface area contributed by atoms with Gasteiger partial charge >= 0.3 is 0 Å². The number of nitrogens with zero attached hydrogens (tertiary/aromatic N) is 2. The molecule has 1 heterocycles. The highest BCUT2D eigenvalue weighted by atomic mass is 19.1. The minimum absolute atomic E-state index is 0.221. The van der Waals surface area contributed by atoms with E-state index in [4.69, 9.17) is 4.98 Å². The molecule has 3 aromatic carbocycles. The van der Waals surface area contributed by atoms with E-state index >= 15 is 0 Å². The highest BCUT2D eigenvalue weighted by molar-refractivity contribution is 5.94. The number of carbonyl (C=O) groups is 1. The molecule has 0 saturated carbocycles. The number of allylic oxidation sites excluding steroid dienone is 1. The van der Waals surface area contributed by atoms with E-state index in [1.165, 1.54) is 24.3 Å². The maximum absolute atomic E-state index is 13.0. The zero-order chi connectivity index (χ0) is 20.8. The fraction of sp³-hybridized carbons (Fsp3) is 0.120. The summed E-state index contributed by atoms with van der Waals surface area (Å²) in [6.07, 6.45) is 4.81. The summed E-state index contributed by atoms with van der Waals surface area (Å²) in [6, 6.07) is 23.7. The number of hydrogen-bond donors (Lipinski definition) is 1. The number of halogens is 1. The molecule has 0 aliphatic rings. The molecule has 0 aliphatic carbocycles. The van der Waals surface area contributed by atoms with Crippen LogP contribution in [-0.2, 0) is 13.0 Å². The second-order valence-corrected chi connectivity index (χ2v) is 6.95. The van der Waals surface area contributed by atoms with E-state index in [0.717, 1.165) is 22.4 Å². The molecule has 0 fully saturated rings. The van der Waals surface area contributed by atoms with Gasteiger partial charge in [-0.25, -0.2) is 9.37 Å². The first-order valence-electron chi connectivity index (χ1n) is 9.90. The van der Waals surface area contributed by atoms with Gasteiger partial charge in [-0.15, -0.1) is 0 Å². The van der Waals surface area contributed by atoms with E-state index in [2.05, 4.69) is 40.2 Å². The smallest absolute Gasteiger partial charge is 0.251 e. The van der Waals surface area contributed by atoms with Crippen LogP contribution in [0.15, 0.2) is 84.9 Å². The third kappa shape index (κ3) is 4.63. The Balaban J connectivity index is 1.46. The van der Waals surface area contributed by atoms with Gasteiger partial charge in [-0.05, 0) is 42.0 Å². The average molecular weight is 399 g/mol. The van der Waals surface area contributed by atoms with Gasteiger partial charge in [0.05, 0.1) is 11.0 Å². The third-order valence-electron chi connectivity index (χ3n) is 4.87. The van der Waals surface area contributed by atoms with Gasteiger partial charge in [0, 0.05) is 25.1 Å². The summed E-state index contributed by atoms with van der Waals surface area (Å²) in [6.45, 7) is 1.14. The molecule has 4 nitrogen and oxygen atoms in total. The number of benzene rings is 3. The molecule has 30 heavy (non-hydrogen) atoms. The van der Waals surface area contributed by atoms with Crippen molar-refractivity contribution in [3.05, 3.63) is 108 Å². The predicted molar refractivity (Wildman–Crippen MR) is 118 cm³/mol. The first kappa shape index (κ1) is 19.6. The first-order valence-corrected chi connectivity index (χ1v) is 9.90. The molecule has 0 radical (unpaired) electrons. The summed E-state index contributed by atoms with van der Waals surface area (Å²) in [5.41, 5.74) is 3.59. The average Bonchev–Trinajstić information content (AvgIpc) is 3.12. The van der Waals surface area contributed by atoms with Crippen LogP contribution in [0.4, 0.5) is 4.39 Å². The summed E-state index contributed by atoms with van der Waals surface area (Å²) >= 11 is 0. The van der Waals surface area contributed by atoms with Gasteiger partial charge in [0.25, 0.3) is 5.91 Å². The minimum atomic E-state index is -0.358. The van der Waals surface area contributed by atoms with Crippen LogP contribution in [0.5, 0.6) is 0 Å². The molecule has 0 unspecified atom stereocenters. The number of imidazole rings is 1. The quantitative estimate of drug-likeness (QED) is 0.482. The van der Waals surface area contributed by atoms with Gasteiger partial charge in [0.1, 0.15) is 11.6 Å². The lowest BCUT2D eigenvalue weighted by Gasteiger charge is -2.08. The molecule has 0 atom stereocenters. The first-order chi connectivity index (χ1) is 14.7. The number of fused-ring (bicyclic) bond motifs is 1. The maximum Gasteiger partial charge on any atom is 0.251 e. The second-order valence-electron chi connectivity index (χ2n) is 6.95. The number of rotatable bonds is 7.